The van der Waals surface area contributed by atoms with Gasteiger partial charge in [0, 0.05) is 150 Å². The largest absolute Gasteiger partial charge is 0 e. The van der Waals surface area contributed by atoms with Gasteiger partial charge in [-0.25, -0.2) is 46.5 Å². The molecule has 16 nitrogen and oxygen atoms in total. The van der Waals surface area contributed by atoms with Crippen LogP contribution < -0.4 is 0 Å². The minimum absolute atomic E-state index is 0. The summed E-state index contributed by atoms with van der Waals surface area (Å²) in [5.74, 6) is 0. The van der Waals surface area contributed by atoms with Crippen molar-refractivity contribution in [3.8, 4) is 0 Å². The summed E-state index contributed by atoms with van der Waals surface area (Å²) in [5, 5.41) is 0. The van der Waals surface area contributed by atoms with E-state index in [0.29, 0.717) is 0 Å². The fraction of sp³-hybridized carbons (Fsp3) is 0.100. The van der Waals surface area contributed by atoms with E-state index in [-0.39, 0.29) is 150 Å². The first-order valence-electron chi connectivity index (χ1n) is 11.6. The molecule has 0 unspecified atom stereocenters. The van der Waals surface area contributed by atoms with Crippen LogP contribution in [0, 0.1) is 134 Å². The van der Waals surface area contributed by atoms with Crippen LogP contribution in [0.5, 0.6) is 0 Å². The molecule has 0 aromatic heterocycles. The minimum Gasteiger partial charge on any atom is 0 e. The third kappa shape index (κ3) is 309. The third-order valence-corrected chi connectivity index (χ3v) is 3.32. The van der Waals surface area contributed by atoms with Crippen LogP contribution >= 0.6 is 0 Å². The van der Waals surface area contributed by atoms with Gasteiger partial charge < -0.3 is 0 Å². The molecule has 24 heteroatoms. The predicted molar refractivity (Wildman–Crippen MR) is 170 cm³/mol. The van der Waals surface area contributed by atoms with Gasteiger partial charge in [-0.2, -0.15) is 72.8 Å². The zero-order valence-electron chi connectivity index (χ0n) is 32.5. The van der Waals surface area contributed by atoms with Gasteiger partial charge in [-0.1, -0.05) is 27.7 Å². The van der Waals surface area contributed by atoms with Gasteiger partial charge in [0.25, 0.3) is 0 Å². The Morgan fingerprint density at radius 1 is 0.234 bits per heavy atom. The van der Waals surface area contributed by atoms with Crippen molar-refractivity contribution in [1.29, 1.82) is 0 Å². The Kier molecular flexibility index (Phi) is 812. The molecule has 0 saturated heterocycles. The average Bonchev–Trinajstić information content (AvgIpc) is 4.23. The van der Waals surface area contributed by atoms with Crippen molar-refractivity contribution < 1.29 is 224 Å². The summed E-state index contributed by atoms with van der Waals surface area (Å²) in [7, 11) is 0. The van der Waals surface area contributed by atoms with Crippen LogP contribution in [0.1, 0.15) is 22.3 Å². The van der Waals surface area contributed by atoms with Crippen molar-refractivity contribution in [1.82, 2.24) is 0 Å². The zero-order chi connectivity index (χ0) is 49.6. The van der Waals surface area contributed by atoms with Crippen molar-refractivity contribution in [2.45, 2.75) is 27.7 Å². The molecular weight excluding hydrogens is 1380 g/mol. The maximum Gasteiger partial charge on any atom is 0 e. The molecule has 0 heterocycles. The molecule has 4 radical (unpaired) electrons. The van der Waals surface area contributed by atoms with Gasteiger partial charge >= 0.3 is 181 Å². The molecule has 0 atom stereocenters. The summed E-state index contributed by atoms with van der Waals surface area (Å²) < 4.78 is 120. The topological polar surface area (TPSA) is 318 Å². The summed E-state index contributed by atoms with van der Waals surface area (Å²) in [6, 6.07) is 33.0. The van der Waals surface area contributed by atoms with Crippen LogP contribution in [-0.2, 0) is 224 Å². The van der Waals surface area contributed by atoms with E-state index in [1.54, 1.807) is 0 Å². The van der Waals surface area contributed by atoms with Crippen molar-refractivity contribution in [2.75, 3.05) is 0 Å². The van der Waals surface area contributed by atoms with Crippen LogP contribution in [0.4, 0.5) is 0 Å². The standard InChI is InChI=1S/4C6H7.16CO.4Mn.4Pd/c4*1-6-4-2-3-5-6;16*1-2;;;;;;;;/h4*2-5H,1H3;;;;;;;;;;;;;;;;;;;;;;;;/q4*-1;;;;;;;;;;;;;;;;;;;;;;;;. The van der Waals surface area contributed by atoms with Crippen molar-refractivity contribution >= 4 is 0 Å². The maximum atomic E-state index is 7.50. The number of rotatable bonds is 0. The number of hydrogen-bond donors (Lipinski definition) is 0. The molecule has 0 N–H and O–H groups in total. The first-order valence-corrected chi connectivity index (χ1v) is 11.6. The summed E-state index contributed by atoms with van der Waals surface area (Å²) in [5.41, 5.74) is 5.37. The second-order valence-electron chi connectivity index (χ2n) is 5.85. The minimum atomic E-state index is 0. The number of aryl methyl sites for hydroxylation is 4. The Balaban J connectivity index is -0.0000000122. The van der Waals surface area contributed by atoms with Crippen molar-refractivity contribution in [3.63, 3.8) is 0 Å². The smallest absolute Gasteiger partial charge is 0 e. The van der Waals surface area contributed by atoms with Crippen molar-refractivity contribution in [3.05, 3.63) is 226 Å². The van der Waals surface area contributed by atoms with E-state index in [9.17, 15) is 0 Å². The van der Waals surface area contributed by atoms with Gasteiger partial charge in [0.15, 0.2) is 0 Å². The first kappa shape index (κ1) is 160. The van der Waals surface area contributed by atoms with Gasteiger partial charge in [0.05, 0.1) is 0 Å². The van der Waals surface area contributed by atoms with E-state index in [1.807, 2.05) is 48.5 Å². The van der Waals surface area contributed by atoms with Gasteiger partial charge in [0.2, 0.25) is 0 Å². The first-order chi connectivity index (χ1) is 27.6. The Hall–Kier alpha value is -2.03. The van der Waals surface area contributed by atoms with Gasteiger partial charge in [-0.3, -0.25) is 0 Å². The molecule has 4 aromatic carbocycles. The second kappa shape index (κ2) is 325. The Morgan fingerprint density at radius 3 is 0.328 bits per heavy atom. The summed E-state index contributed by atoms with van der Waals surface area (Å²) >= 11 is 0. The monoisotopic (exact) mass is 1410 g/mol. The van der Waals surface area contributed by atoms with E-state index < -0.39 is 0 Å². The van der Waals surface area contributed by atoms with E-state index in [4.69, 9.17) is 74.4 Å². The Morgan fingerprint density at radius 2 is 0.312 bits per heavy atom. The molecule has 0 aliphatic heterocycles. The summed E-state index contributed by atoms with van der Waals surface area (Å²) in [6.07, 6.45) is 0. The predicted octanol–water partition coefficient (Wildman–Crippen LogP) is 6.24. The molecule has 0 saturated carbocycles. The molecular formula is C40H28Mn4O16Pd4-4. The van der Waals surface area contributed by atoms with E-state index in [1.165, 1.54) is 22.3 Å². The maximum absolute atomic E-state index is 7.50. The van der Waals surface area contributed by atoms with Gasteiger partial charge in [-0.05, 0) is 0 Å². The van der Waals surface area contributed by atoms with Crippen LogP contribution in [0.15, 0.2) is 97.1 Å². The Bertz CT molecular complexity index is 1120. The van der Waals surface area contributed by atoms with Crippen LogP contribution in [0.3, 0.4) is 0 Å². The average molecular weight is 1410 g/mol. The van der Waals surface area contributed by atoms with Crippen molar-refractivity contribution in [2.24, 2.45) is 0 Å². The zero-order valence-corrected chi connectivity index (χ0v) is 43.5. The number of hydrogen-bond acceptors (Lipinski definition) is 0. The summed E-state index contributed by atoms with van der Waals surface area (Å²) in [4.78, 5) is 0. The molecule has 0 aliphatic carbocycles. The fourth-order valence-corrected chi connectivity index (χ4v) is 1.88. The van der Waals surface area contributed by atoms with E-state index >= 15 is 0 Å². The molecule has 0 amide bonds. The van der Waals surface area contributed by atoms with Gasteiger partial charge in [0.1, 0.15) is 0 Å². The SMILES string of the molecule is Cc1cc[cH-]c1.Cc1cc[cH-]c1.Cc1cc[cH-]c1.Cc1cc[cH-]c1.[C-]#[O+].[C-]#[O+].[C-]#[O+].[C-]#[O+].[C-]#[O+].[C-]#[O+].[C-]#[O+].[C-]#[O+].[C-]#[O+].[C-]#[O+].[C-]#[O+].[C-]#[O+].[C-]#[O+].[C-]#[O+].[C-]#[O+].[C-]#[O+].[Mn].[Mn].[Mn].[Mn].[Pd].[Pd].[Pd].[Pd]. The molecule has 0 spiro atoms. The second-order valence-corrected chi connectivity index (χ2v) is 5.85. The molecule has 356 valence electrons. The van der Waals surface area contributed by atoms with Crippen LogP contribution in [0.25, 0.3) is 0 Å². The molecule has 0 aliphatic rings. The molecule has 4 rings (SSSR count). The van der Waals surface area contributed by atoms with E-state index in [2.05, 4.69) is 183 Å². The third-order valence-electron chi connectivity index (χ3n) is 3.32. The normalized spacial score (nSPS) is 3.81. The van der Waals surface area contributed by atoms with E-state index in [0.717, 1.165) is 0 Å². The Labute approximate surface area is 473 Å². The van der Waals surface area contributed by atoms with Crippen LogP contribution in [0.2, 0.25) is 0 Å². The van der Waals surface area contributed by atoms with Gasteiger partial charge in [-0.15, -0.1) is 0 Å². The fourth-order valence-electron chi connectivity index (χ4n) is 1.88. The molecule has 0 bridgehead atoms. The molecule has 4 aromatic rings. The molecule has 0 fully saturated rings. The molecule has 64 heavy (non-hydrogen) atoms. The quantitative estimate of drug-likeness (QED) is 0.107. The van der Waals surface area contributed by atoms with Crippen LogP contribution in [-0.4, -0.2) is 0 Å². The summed E-state index contributed by atoms with van der Waals surface area (Å²) in [6.45, 7) is 80.3.